The fraction of sp³-hybridized carbons (Fsp3) is 0.355. The van der Waals surface area contributed by atoms with Gasteiger partial charge in [-0.1, -0.05) is 25.1 Å². The molecular formula is C31H37FN4O5. The van der Waals surface area contributed by atoms with Crippen LogP contribution in [-0.4, -0.2) is 72.8 Å². The van der Waals surface area contributed by atoms with Crippen LogP contribution in [0.4, 0.5) is 20.6 Å². The first-order chi connectivity index (χ1) is 19.7. The summed E-state index contributed by atoms with van der Waals surface area (Å²) in [7, 11) is 3.63. The Balaban J connectivity index is 1.61. The number of rotatable bonds is 9. The molecule has 0 saturated heterocycles. The number of anilines is 2. The molecule has 218 valence electrons. The van der Waals surface area contributed by atoms with E-state index in [2.05, 4.69) is 15.5 Å². The van der Waals surface area contributed by atoms with Crippen LogP contribution in [0.25, 0.3) is 0 Å². The van der Waals surface area contributed by atoms with E-state index in [4.69, 9.17) is 9.47 Å². The smallest absolute Gasteiger partial charge is 0.323 e. The molecule has 3 aromatic carbocycles. The quantitative estimate of drug-likeness (QED) is 0.344. The van der Waals surface area contributed by atoms with Crippen LogP contribution < -0.4 is 20.1 Å². The summed E-state index contributed by atoms with van der Waals surface area (Å²) in [6.07, 6.45) is -0.346. The first kappa shape index (κ1) is 29.8. The first-order valence-electron chi connectivity index (χ1n) is 13.5. The SMILES string of the molecule is COc1ccc(CN(C)C[C@@H]2Oc3c(NC(=O)Nc4ccc(F)cc4)cccc3C(=O)N([C@H](C)CO)C[C@@H]2C)cc1. The van der Waals surface area contributed by atoms with E-state index >= 15 is 0 Å². The van der Waals surface area contributed by atoms with E-state index in [1.54, 1.807) is 37.1 Å². The summed E-state index contributed by atoms with van der Waals surface area (Å²) in [5.74, 6) is 0.250. The van der Waals surface area contributed by atoms with Gasteiger partial charge in [0.15, 0.2) is 5.75 Å². The molecule has 4 rings (SSSR count). The van der Waals surface area contributed by atoms with E-state index in [1.165, 1.54) is 24.3 Å². The Morgan fingerprint density at radius 2 is 1.85 bits per heavy atom. The van der Waals surface area contributed by atoms with Crippen molar-refractivity contribution in [3.05, 3.63) is 83.7 Å². The van der Waals surface area contributed by atoms with Crippen molar-refractivity contribution in [2.75, 3.05) is 44.5 Å². The minimum absolute atomic E-state index is 0.0967. The first-order valence-corrected chi connectivity index (χ1v) is 13.5. The van der Waals surface area contributed by atoms with Crippen molar-refractivity contribution in [2.24, 2.45) is 5.92 Å². The lowest BCUT2D eigenvalue weighted by Gasteiger charge is -2.38. The molecule has 0 bridgehead atoms. The van der Waals surface area contributed by atoms with Crippen molar-refractivity contribution in [3.8, 4) is 11.5 Å². The lowest BCUT2D eigenvalue weighted by Crippen LogP contribution is -2.49. The van der Waals surface area contributed by atoms with E-state index in [0.29, 0.717) is 36.6 Å². The highest BCUT2D eigenvalue weighted by atomic mass is 19.1. The number of halogens is 1. The van der Waals surface area contributed by atoms with Gasteiger partial charge in [0, 0.05) is 31.2 Å². The number of aliphatic hydroxyl groups is 1. The zero-order valence-electron chi connectivity index (χ0n) is 23.8. The van der Waals surface area contributed by atoms with Gasteiger partial charge < -0.3 is 30.1 Å². The summed E-state index contributed by atoms with van der Waals surface area (Å²) in [6.45, 7) is 5.23. The minimum atomic E-state index is -0.565. The molecule has 0 aliphatic carbocycles. The third-order valence-corrected chi connectivity index (χ3v) is 7.14. The molecule has 0 radical (unpaired) electrons. The second kappa shape index (κ2) is 13.5. The number of carbonyl (C=O) groups excluding carboxylic acids is 2. The Morgan fingerprint density at radius 1 is 1.15 bits per heavy atom. The molecule has 0 spiro atoms. The van der Waals surface area contributed by atoms with Crippen LogP contribution in [0.2, 0.25) is 0 Å². The summed E-state index contributed by atoms with van der Waals surface area (Å²) in [5.41, 5.74) is 2.13. The number of nitrogens with one attached hydrogen (secondary N) is 2. The summed E-state index contributed by atoms with van der Waals surface area (Å²) < 4.78 is 25.1. The van der Waals surface area contributed by atoms with E-state index < -0.39 is 17.9 Å². The van der Waals surface area contributed by atoms with Crippen LogP contribution in [0.15, 0.2) is 66.7 Å². The summed E-state index contributed by atoms with van der Waals surface area (Å²) >= 11 is 0. The van der Waals surface area contributed by atoms with Gasteiger partial charge in [-0.3, -0.25) is 9.69 Å². The number of hydrogen-bond donors (Lipinski definition) is 3. The molecule has 0 unspecified atom stereocenters. The third kappa shape index (κ3) is 7.53. The van der Waals surface area contributed by atoms with Crippen LogP contribution >= 0.6 is 0 Å². The number of hydrogen-bond acceptors (Lipinski definition) is 6. The lowest BCUT2D eigenvalue weighted by molar-refractivity contribution is 0.0343. The fourth-order valence-electron chi connectivity index (χ4n) is 4.79. The number of fused-ring (bicyclic) bond motifs is 1. The van der Waals surface area contributed by atoms with Gasteiger partial charge in [-0.25, -0.2) is 9.18 Å². The Morgan fingerprint density at radius 3 is 2.51 bits per heavy atom. The Labute approximate surface area is 239 Å². The van der Waals surface area contributed by atoms with Crippen LogP contribution in [0, 0.1) is 11.7 Å². The minimum Gasteiger partial charge on any atom is -0.497 e. The molecule has 10 heteroatoms. The number of urea groups is 1. The standard InChI is InChI=1S/C31H37FN4O5/c1-20-16-36(21(2)19-37)30(38)26-6-5-7-27(34-31(39)33-24-12-10-23(32)11-13-24)29(26)41-28(20)18-35(3)17-22-8-14-25(40-4)15-9-22/h5-15,20-21,28,37H,16-19H2,1-4H3,(H2,33,34,39)/t20-,21+,28-/m0/s1. The summed E-state index contributed by atoms with van der Waals surface area (Å²) in [6, 6.07) is 17.3. The van der Waals surface area contributed by atoms with Crippen LogP contribution in [0.1, 0.15) is 29.8 Å². The molecule has 1 heterocycles. The van der Waals surface area contributed by atoms with Gasteiger partial charge in [-0.2, -0.15) is 0 Å². The van der Waals surface area contributed by atoms with Crippen molar-refractivity contribution in [1.82, 2.24) is 9.80 Å². The maximum atomic E-state index is 13.7. The average molecular weight is 565 g/mol. The number of methoxy groups -OCH3 is 1. The molecule has 3 atom stereocenters. The maximum absolute atomic E-state index is 13.7. The highest BCUT2D eigenvalue weighted by molar-refractivity contribution is 6.04. The van der Waals surface area contributed by atoms with Gasteiger partial charge in [0.1, 0.15) is 17.7 Å². The second-order valence-corrected chi connectivity index (χ2v) is 10.4. The third-order valence-electron chi connectivity index (χ3n) is 7.14. The molecule has 1 aliphatic rings. The topological polar surface area (TPSA) is 103 Å². The molecule has 0 aromatic heterocycles. The van der Waals surface area contributed by atoms with Crippen LogP contribution in [-0.2, 0) is 6.54 Å². The zero-order chi connectivity index (χ0) is 29.5. The number of benzene rings is 3. The highest BCUT2D eigenvalue weighted by Crippen LogP contribution is 2.35. The van der Waals surface area contributed by atoms with Gasteiger partial charge in [0.05, 0.1) is 31.0 Å². The Kier molecular flexibility index (Phi) is 9.80. The molecule has 9 nitrogen and oxygen atoms in total. The molecule has 0 fully saturated rings. The predicted octanol–water partition coefficient (Wildman–Crippen LogP) is 4.83. The van der Waals surface area contributed by atoms with Crippen LogP contribution in [0.3, 0.4) is 0 Å². The van der Waals surface area contributed by atoms with Crippen molar-refractivity contribution in [2.45, 2.75) is 32.5 Å². The summed E-state index contributed by atoms with van der Waals surface area (Å²) in [4.78, 5) is 30.3. The fourth-order valence-corrected chi connectivity index (χ4v) is 4.79. The summed E-state index contributed by atoms with van der Waals surface area (Å²) in [5, 5.41) is 15.4. The van der Waals surface area contributed by atoms with Gasteiger partial charge in [-0.05, 0) is 68.1 Å². The molecule has 3 amide bonds. The number of amides is 3. The van der Waals surface area contributed by atoms with Crippen molar-refractivity contribution in [1.29, 1.82) is 0 Å². The van der Waals surface area contributed by atoms with Gasteiger partial charge in [0.25, 0.3) is 5.91 Å². The highest BCUT2D eigenvalue weighted by Gasteiger charge is 2.34. The Hall–Kier alpha value is -4.15. The number of ether oxygens (including phenoxy) is 2. The van der Waals surface area contributed by atoms with Crippen molar-refractivity contribution in [3.63, 3.8) is 0 Å². The number of aliphatic hydroxyl groups excluding tert-OH is 1. The van der Waals surface area contributed by atoms with E-state index in [0.717, 1.165) is 11.3 Å². The van der Waals surface area contributed by atoms with Gasteiger partial charge in [-0.15, -0.1) is 0 Å². The van der Waals surface area contributed by atoms with Gasteiger partial charge in [0.2, 0.25) is 0 Å². The van der Waals surface area contributed by atoms with Crippen molar-refractivity contribution < 1.29 is 28.6 Å². The molecule has 1 aliphatic heterocycles. The largest absolute Gasteiger partial charge is 0.497 e. The predicted molar refractivity (Wildman–Crippen MR) is 156 cm³/mol. The number of likely N-dealkylation sites (N-methyl/N-ethyl adjacent to an activating group) is 1. The second-order valence-electron chi connectivity index (χ2n) is 10.4. The maximum Gasteiger partial charge on any atom is 0.323 e. The molecule has 41 heavy (non-hydrogen) atoms. The van der Waals surface area contributed by atoms with E-state index in [1.807, 2.05) is 38.2 Å². The monoisotopic (exact) mass is 564 g/mol. The molecule has 0 saturated carbocycles. The Bertz CT molecular complexity index is 1340. The van der Waals surface area contributed by atoms with Crippen molar-refractivity contribution >= 4 is 23.3 Å². The lowest BCUT2D eigenvalue weighted by atomic mass is 9.99. The number of nitrogens with zero attached hydrogens (tertiary/aromatic N) is 2. The van der Waals surface area contributed by atoms with E-state index in [9.17, 15) is 19.1 Å². The molecular weight excluding hydrogens is 527 g/mol. The molecule has 3 aromatic rings. The normalized spacial score (nSPS) is 17.6. The van der Waals surface area contributed by atoms with Crippen LogP contribution in [0.5, 0.6) is 11.5 Å². The average Bonchev–Trinajstić information content (AvgIpc) is 2.96. The number of carbonyl (C=O) groups is 2. The zero-order valence-corrected chi connectivity index (χ0v) is 23.8. The number of para-hydroxylation sites is 1. The molecule has 3 N–H and O–H groups in total. The van der Waals surface area contributed by atoms with Gasteiger partial charge >= 0.3 is 6.03 Å². The van der Waals surface area contributed by atoms with E-state index in [-0.39, 0.29) is 30.3 Å².